The predicted molar refractivity (Wildman–Crippen MR) is 82.0 cm³/mol. The molecule has 2 aromatic heterocycles. The van der Waals surface area contributed by atoms with E-state index in [0.29, 0.717) is 15.7 Å². The second-order valence-electron chi connectivity index (χ2n) is 4.70. The zero-order valence-electron chi connectivity index (χ0n) is 12.3. The second kappa shape index (κ2) is 6.69. The molecule has 0 aliphatic rings. The summed E-state index contributed by atoms with van der Waals surface area (Å²) in [6.45, 7) is 4.57. The highest BCUT2D eigenvalue weighted by Gasteiger charge is 2.18. The Morgan fingerprint density at radius 3 is 2.71 bits per heavy atom. The van der Waals surface area contributed by atoms with Gasteiger partial charge in [0, 0.05) is 17.0 Å². The van der Waals surface area contributed by atoms with Crippen LogP contribution in [0, 0.1) is 13.8 Å². The Bertz CT molecular complexity index is 685. The van der Waals surface area contributed by atoms with Crippen molar-refractivity contribution in [3.8, 4) is 0 Å². The fourth-order valence-corrected chi connectivity index (χ4v) is 4.27. The van der Waals surface area contributed by atoms with Gasteiger partial charge in [0.15, 0.2) is 0 Å². The van der Waals surface area contributed by atoms with Crippen molar-refractivity contribution in [3.05, 3.63) is 34.0 Å². The molecule has 116 valence electrons. The highest BCUT2D eigenvalue weighted by Crippen LogP contribution is 2.22. The van der Waals surface area contributed by atoms with E-state index in [1.54, 1.807) is 19.9 Å². The molecule has 2 heterocycles. The van der Waals surface area contributed by atoms with Crippen LogP contribution in [0.1, 0.15) is 21.9 Å². The van der Waals surface area contributed by atoms with Crippen LogP contribution < -0.4 is 10.0 Å². The lowest BCUT2D eigenvalue weighted by molar-refractivity contribution is 0.392. The van der Waals surface area contributed by atoms with Crippen molar-refractivity contribution < 1.29 is 12.9 Å². The molecule has 0 unspecified atom stereocenters. The first kappa shape index (κ1) is 16.2. The Balaban J connectivity index is 2.06. The van der Waals surface area contributed by atoms with Gasteiger partial charge >= 0.3 is 0 Å². The van der Waals surface area contributed by atoms with Gasteiger partial charge in [0.2, 0.25) is 10.0 Å². The van der Waals surface area contributed by atoms with Gasteiger partial charge in [-0.1, -0.05) is 5.16 Å². The molecule has 0 radical (unpaired) electrons. The number of thiophene rings is 1. The van der Waals surface area contributed by atoms with Crippen LogP contribution in [0.5, 0.6) is 0 Å². The van der Waals surface area contributed by atoms with Crippen molar-refractivity contribution in [2.75, 3.05) is 13.6 Å². The Kier molecular flexibility index (Phi) is 5.15. The quantitative estimate of drug-likeness (QED) is 0.806. The molecule has 0 fully saturated rings. The molecule has 0 aromatic carbocycles. The molecule has 8 heteroatoms. The third-order valence-electron chi connectivity index (χ3n) is 3.14. The number of nitrogens with zero attached hydrogens (tertiary/aromatic N) is 1. The monoisotopic (exact) mass is 329 g/mol. The molecule has 0 aliphatic heterocycles. The highest BCUT2D eigenvalue weighted by atomic mass is 32.2. The first-order valence-corrected chi connectivity index (χ1v) is 8.88. The van der Waals surface area contributed by atoms with Crippen molar-refractivity contribution in [2.24, 2.45) is 0 Å². The maximum absolute atomic E-state index is 12.3. The Hall–Kier alpha value is -1.22. The van der Waals surface area contributed by atoms with Crippen LogP contribution in [0.3, 0.4) is 0 Å². The van der Waals surface area contributed by atoms with Gasteiger partial charge in [-0.05, 0) is 46.0 Å². The highest BCUT2D eigenvalue weighted by molar-refractivity contribution is 7.91. The second-order valence-corrected chi connectivity index (χ2v) is 7.86. The maximum atomic E-state index is 12.3. The molecule has 0 atom stereocenters. The molecule has 0 saturated heterocycles. The Labute approximate surface area is 128 Å². The molecule has 21 heavy (non-hydrogen) atoms. The number of sulfonamides is 1. The maximum Gasteiger partial charge on any atom is 0.250 e. The largest absolute Gasteiger partial charge is 0.361 e. The summed E-state index contributed by atoms with van der Waals surface area (Å²) in [6, 6.07) is 3.50. The summed E-state index contributed by atoms with van der Waals surface area (Å²) in [7, 11) is -1.62. The van der Waals surface area contributed by atoms with E-state index in [4.69, 9.17) is 4.52 Å². The summed E-state index contributed by atoms with van der Waals surface area (Å²) in [5.74, 6) is 0.635. The van der Waals surface area contributed by atoms with Crippen LogP contribution >= 0.6 is 11.3 Å². The summed E-state index contributed by atoms with van der Waals surface area (Å²) in [5, 5.41) is 6.86. The van der Waals surface area contributed by atoms with Gasteiger partial charge in [-0.15, -0.1) is 11.3 Å². The third-order valence-corrected chi connectivity index (χ3v) is 6.18. The fourth-order valence-electron chi connectivity index (χ4n) is 1.88. The third kappa shape index (κ3) is 3.91. The van der Waals surface area contributed by atoms with Crippen LogP contribution in [-0.2, 0) is 23.0 Å². The lowest BCUT2D eigenvalue weighted by atomic mass is 10.2. The minimum Gasteiger partial charge on any atom is -0.361 e. The first-order valence-electron chi connectivity index (χ1n) is 6.59. The lowest BCUT2D eigenvalue weighted by Gasteiger charge is -2.04. The SMILES string of the molecule is CNCCc1ccc(S(=O)(=O)NCc2c(C)noc2C)s1. The number of aryl methyl sites for hydroxylation is 2. The van der Waals surface area contributed by atoms with Crippen molar-refractivity contribution in [1.29, 1.82) is 0 Å². The molecular formula is C13H19N3O3S2. The predicted octanol–water partition coefficient (Wildman–Crippen LogP) is 1.59. The number of likely N-dealkylation sites (N-methyl/N-ethyl adjacent to an activating group) is 1. The number of aromatic nitrogens is 1. The van der Waals surface area contributed by atoms with Crippen molar-refractivity contribution in [2.45, 2.75) is 31.0 Å². The zero-order chi connectivity index (χ0) is 15.5. The molecule has 0 bridgehead atoms. The van der Waals surface area contributed by atoms with Crippen LogP contribution in [0.2, 0.25) is 0 Å². The van der Waals surface area contributed by atoms with Crippen LogP contribution in [0.25, 0.3) is 0 Å². The van der Waals surface area contributed by atoms with E-state index in [-0.39, 0.29) is 6.54 Å². The zero-order valence-corrected chi connectivity index (χ0v) is 13.9. The van der Waals surface area contributed by atoms with E-state index >= 15 is 0 Å². The normalized spacial score (nSPS) is 12.0. The molecule has 0 amide bonds. The lowest BCUT2D eigenvalue weighted by Crippen LogP contribution is -2.22. The van der Waals surface area contributed by atoms with Gasteiger partial charge in [-0.3, -0.25) is 0 Å². The van der Waals surface area contributed by atoms with E-state index in [9.17, 15) is 8.42 Å². The summed E-state index contributed by atoms with van der Waals surface area (Å²) < 4.78 is 32.5. The number of hydrogen-bond acceptors (Lipinski definition) is 6. The standard InChI is InChI=1S/C13H19N3O3S2/c1-9-12(10(2)19-16-9)8-15-21(17,18)13-5-4-11(20-13)6-7-14-3/h4-5,14-15H,6-8H2,1-3H3. The van der Waals surface area contributed by atoms with Gasteiger partial charge < -0.3 is 9.84 Å². The average Bonchev–Trinajstić information content (AvgIpc) is 3.03. The van der Waals surface area contributed by atoms with E-state index in [0.717, 1.165) is 23.4 Å². The van der Waals surface area contributed by atoms with Gasteiger partial charge in [-0.25, -0.2) is 13.1 Å². The molecule has 0 aliphatic carbocycles. The molecule has 6 nitrogen and oxygen atoms in total. The van der Waals surface area contributed by atoms with E-state index in [2.05, 4.69) is 15.2 Å². The topological polar surface area (TPSA) is 84.2 Å². The van der Waals surface area contributed by atoms with Crippen molar-refractivity contribution >= 4 is 21.4 Å². The number of hydrogen-bond donors (Lipinski definition) is 2. The van der Waals surface area contributed by atoms with Crippen LogP contribution in [0.4, 0.5) is 0 Å². The van der Waals surface area contributed by atoms with E-state index < -0.39 is 10.0 Å². The van der Waals surface area contributed by atoms with Crippen molar-refractivity contribution in [3.63, 3.8) is 0 Å². The van der Waals surface area contributed by atoms with Crippen LogP contribution in [0.15, 0.2) is 20.9 Å². The summed E-state index contributed by atoms with van der Waals surface area (Å²) in [5.41, 5.74) is 1.49. The van der Waals surface area contributed by atoms with E-state index in [1.807, 2.05) is 13.1 Å². The number of rotatable bonds is 7. The molecular weight excluding hydrogens is 310 g/mol. The average molecular weight is 329 g/mol. The summed E-state index contributed by atoms with van der Waals surface area (Å²) in [6.07, 6.45) is 0.820. The molecule has 2 rings (SSSR count). The molecule has 2 aromatic rings. The smallest absolute Gasteiger partial charge is 0.250 e. The molecule has 0 spiro atoms. The first-order chi connectivity index (χ1) is 9.94. The Morgan fingerprint density at radius 2 is 2.10 bits per heavy atom. The minimum absolute atomic E-state index is 0.188. The van der Waals surface area contributed by atoms with E-state index in [1.165, 1.54) is 11.3 Å². The number of nitrogens with one attached hydrogen (secondary N) is 2. The van der Waals surface area contributed by atoms with Gasteiger partial charge in [0.1, 0.15) is 9.97 Å². The molecule has 2 N–H and O–H groups in total. The summed E-state index contributed by atoms with van der Waals surface area (Å²) >= 11 is 1.30. The van der Waals surface area contributed by atoms with Gasteiger partial charge in [0.25, 0.3) is 0 Å². The summed E-state index contributed by atoms with van der Waals surface area (Å²) in [4.78, 5) is 1.04. The van der Waals surface area contributed by atoms with Crippen LogP contribution in [-0.4, -0.2) is 27.2 Å². The molecule has 0 saturated carbocycles. The minimum atomic E-state index is -3.50. The van der Waals surface area contributed by atoms with Gasteiger partial charge in [-0.2, -0.15) is 0 Å². The van der Waals surface area contributed by atoms with Crippen molar-refractivity contribution in [1.82, 2.24) is 15.2 Å². The fraction of sp³-hybridized carbons (Fsp3) is 0.462. The Morgan fingerprint density at radius 1 is 1.33 bits per heavy atom. The van der Waals surface area contributed by atoms with Gasteiger partial charge in [0.05, 0.1) is 5.69 Å².